The molecule has 4 rings (SSSR count). The van der Waals surface area contributed by atoms with Gasteiger partial charge in [0.2, 0.25) is 0 Å². The van der Waals surface area contributed by atoms with E-state index in [2.05, 4.69) is 91.8 Å². The summed E-state index contributed by atoms with van der Waals surface area (Å²) in [6, 6.07) is 15.7. The molecule has 0 N–H and O–H groups in total. The van der Waals surface area contributed by atoms with E-state index in [0.29, 0.717) is 6.04 Å². The molecule has 2 aliphatic rings. The van der Waals surface area contributed by atoms with E-state index in [1.165, 1.54) is 33.4 Å². The van der Waals surface area contributed by atoms with Gasteiger partial charge in [0.05, 0.1) is 6.04 Å². The number of hydrogen-bond acceptors (Lipinski definition) is 1. The Bertz CT molecular complexity index is 803. The fourth-order valence-corrected chi connectivity index (χ4v) is 3.40. The first-order chi connectivity index (χ1) is 10.7. The van der Waals surface area contributed by atoms with Crippen molar-refractivity contribution in [3.8, 4) is 0 Å². The van der Waals surface area contributed by atoms with Gasteiger partial charge in [0.15, 0.2) is 0 Å². The lowest BCUT2D eigenvalue weighted by atomic mass is 9.90. The number of rotatable bonds is 1. The average molecular weight is 285 g/mol. The number of benzene rings is 2. The predicted molar refractivity (Wildman–Crippen MR) is 93.1 cm³/mol. The molecule has 2 aliphatic heterocycles. The van der Waals surface area contributed by atoms with E-state index in [1.54, 1.807) is 0 Å². The Hall–Kier alpha value is -2.54. The average Bonchev–Trinajstić information content (AvgIpc) is 2.53. The summed E-state index contributed by atoms with van der Waals surface area (Å²) in [5, 5.41) is 0. The van der Waals surface area contributed by atoms with Crippen molar-refractivity contribution >= 4 is 11.6 Å². The first-order valence-electron chi connectivity index (χ1n) is 7.74. The summed E-state index contributed by atoms with van der Waals surface area (Å²) in [5.41, 5.74) is 7.93. The molecule has 0 aromatic heterocycles. The summed E-state index contributed by atoms with van der Waals surface area (Å²) < 4.78 is 0. The highest BCUT2D eigenvalue weighted by atomic mass is 15.1. The summed E-state index contributed by atoms with van der Waals surface area (Å²) >= 11 is 0. The Morgan fingerprint density at radius 2 is 1.59 bits per heavy atom. The number of hydrogen-bond donors (Lipinski definition) is 0. The van der Waals surface area contributed by atoms with Crippen LogP contribution in [-0.2, 0) is 0 Å². The van der Waals surface area contributed by atoms with E-state index in [-0.39, 0.29) is 0 Å². The highest BCUT2D eigenvalue weighted by molar-refractivity contribution is 5.77. The number of fused-ring (bicyclic) bond motifs is 3. The molecule has 0 saturated carbocycles. The largest absolute Gasteiger partial charge is 0.343 e. The van der Waals surface area contributed by atoms with Crippen LogP contribution in [0, 0.1) is 13.8 Å². The van der Waals surface area contributed by atoms with E-state index < -0.39 is 0 Å². The standard InChI is InChI=1S/C21H19N/c1-15-11-16(2)13-19(12-15)18-8-10-22-9-7-17-5-3-4-6-20(17)21(22)14-18/h3-14,21H,1-2H3. The van der Waals surface area contributed by atoms with Crippen molar-refractivity contribution in [1.29, 1.82) is 0 Å². The molecule has 2 aromatic carbocycles. The monoisotopic (exact) mass is 285 g/mol. The van der Waals surface area contributed by atoms with Crippen LogP contribution in [-0.4, -0.2) is 4.90 Å². The van der Waals surface area contributed by atoms with Crippen LogP contribution in [0.2, 0.25) is 0 Å². The first kappa shape index (κ1) is 13.1. The van der Waals surface area contributed by atoms with Gasteiger partial charge in [0.25, 0.3) is 0 Å². The van der Waals surface area contributed by atoms with E-state index in [9.17, 15) is 0 Å². The van der Waals surface area contributed by atoms with Crippen LogP contribution in [0.1, 0.15) is 33.9 Å². The maximum atomic E-state index is 2.37. The van der Waals surface area contributed by atoms with Crippen molar-refractivity contribution < 1.29 is 0 Å². The Labute approximate surface area is 131 Å². The zero-order valence-electron chi connectivity index (χ0n) is 13.0. The van der Waals surface area contributed by atoms with Gasteiger partial charge in [-0.2, -0.15) is 0 Å². The first-order valence-corrected chi connectivity index (χ1v) is 7.74. The minimum Gasteiger partial charge on any atom is -0.343 e. The van der Waals surface area contributed by atoms with Gasteiger partial charge < -0.3 is 4.90 Å². The lowest BCUT2D eigenvalue weighted by Gasteiger charge is -2.33. The molecular weight excluding hydrogens is 266 g/mol. The molecular formula is C21H19N. The maximum absolute atomic E-state index is 2.37. The number of aryl methyl sites for hydroxylation is 2. The Balaban J connectivity index is 1.80. The van der Waals surface area contributed by atoms with Gasteiger partial charge in [0.1, 0.15) is 0 Å². The molecule has 2 heterocycles. The van der Waals surface area contributed by atoms with Crippen LogP contribution in [0.4, 0.5) is 0 Å². The van der Waals surface area contributed by atoms with Crippen LogP contribution < -0.4 is 0 Å². The third kappa shape index (κ3) is 2.19. The zero-order valence-corrected chi connectivity index (χ0v) is 13.0. The molecule has 0 bridgehead atoms. The molecule has 0 amide bonds. The van der Waals surface area contributed by atoms with Gasteiger partial charge in [-0.3, -0.25) is 0 Å². The van der Waals surface area contributed by atoms with Gasteiger partial charge in [-0.1, -0.05) is 53.6 Å². The summed E-state index contributed by atoms with van der Waals surface area (Å²) in [5.74, 6) is 0. The topological polar surface area (TPSA) is 3.24 Å². The molecule has 2 aromatic rings. The van der Waals surface area contributed by atoms with E-state index >= 15 is 0 Å². The Morgan fingerprint density at radius 1 is 0.864 bits per heavy atom. The number of allylic oxidation sites excluding steroid dienone is 2. The van der Waals surface area contributed by atoms with Crippen LogP contribution >= 0.6 is 0 Å². The second kappa shape index (κ2) is 5.03. The summed E-state index contributed by atoms with van der Waals surface area (Å²) in [7, 11) is 0. The Kier molecular flexibility index (Phi) is 3.00. The molecule has 1 unspecified atom stereocenters. The number of nitrogens with zero attached hydrogens (tertiary/aromatic N) is 1. The lowest BCUT2D eigenvalue weighted by molar-refractivity contribution is 0.431. The van der Waals surface area contributed by atoms with Crippen molar-refractivity contribution in [3.63, 3.8) is 0 Å². The quantitative estimate of drug-likeness (QED) is 0.692. The van der Waals surface area contributed by atoms with Crippen molar-refractivity contribution in [2.75, 3.05) is 0 Å². The molecule has 22 heavy (non-hydrogen) atoms. The molecule has 1 heteroatoms. The van der Waals surface area contributed by atoms with Crippen LogP contribution in [0.15, 0.2) is 67.0 Å². The summed E-state index contributed by atoms with van der Waals surface area (Å²) in [4.78, 5) is 2.27. The van der Waals surface area contributed by atoms with Crippen LogP contribution in [0.25, 0.3) is 11.6 Å². The molecule has 0 fully saturated rings. The summed E-state index contributed by atoms with van der Waals surface area (Å²) in [6.45, 7) is 4.32. The molecule has 0 saturated heterocycles. The van der Waals surface area contributed by atoms with Gasteiger partial charge in [-0.25, -0.2) is 0 Å². The molecule has 0 aliphatic carbocycles. The third-order valence-corrected chi connectivity index (χ3v) is 4.38. The lowest BCUT2D eigenvalue weighted by Crippen LogP contribution is -2.22. The SMILES string of the molecule is Cc1cc(C)cc(C2=CC3c4ccccc4C=CN3C=C2)c1. The predicted octanol–water partition coefficient (Wildman–Crippen LogP) is 5.24. The highest BCUT2D eigenvalue weighted by Crippen LogP contribution is 2.37. The molecule has 0 spiro atoms. The van der Waals surface area contributed by atoms with Crippen molar-refractivity contribution in [3.05, 3.63) is 94.8 Å². The summed E-state index contributed by atoms with van der Waals surface area (Å²) in [6.07, 6.45) is 11.1. The van der Waals surface area contributed by atoms with E-state index in [4.69, 9.17) is 0 Å². The smallest absolute Gasteiger partial charge is 0.0778 e. The normalized spacial score (nSPS) is 18.7. The van der Waals surface area contributed by atoms with E-state index in [1.807, 2.05) is 0 Å². The zero-order chi connectivity index (χ0) is 15.1. The van der Waals surface area contributed by atoms with Gasteiger partial charge >= 0.3 is 0 Å². The second-order valence-corrected chi connectivity index (χ2v) is 6.15. The molecule has 1 nitrogen and oxygen atoms in total. The van der Waals surface area contributed by atoms with Crippen molar-refractivity contribution in [2.45, 2.75) is 19.9 Å². The van der Waals surface area contributed by atoms with Gasteiger partial charge in [0, 0.05) is 12.4 Å². The Morgan fingerprint density at radius 3 is 2.41 bits per heavy atom. The van der Waals surface area contributed by atoms with Crippen molar-refractivity contribution in [2.24, 2.45) is 0 Å². The van der Waals surface area contributed by atoms with Gasteiger partial charge in [-0.05, 0) is 54.3 Å². The minimum atomic E-state index is 0.294. The van der Waals surface area contributed by atoms with Crippen LogP contribution in [0.3, 0.4) is 0 Å². The molecule has 1 atom stereocenters. The van der Waals surface area contributed by atoms with Gasteiger partial charge in [-0.15, -0.1) is 0 Å². The van der Waals surface area contributed by atoms with Crippen LogP contribution in [0.5, 0.6) is 0 Å². The highest BCUT2D eigenvalue weighted by Gasteiger charge is 2.23. The maximum Gasteiger partial charge on any atom is 0.0778 e. The molecule has 0 radical (unpaired) electrons. The third-order valence-electron chi connectivity index (χ3n) is 4.38. The second-order valence-electron chi connectivity index (χ2n) is 6.15. The fourth-order valence-electron chi connectivity index (χ4n) is 3.40. The van der Waals surface area contributed by atoms with Crippen molar-refractivity contribution in [1.82, 2.24) is 4.90 Å². The minimum absolute atomic E-state index is 0.294. The fraction of sp³-hybridized carbons (Fsp3) is 0.143. The molecule has 108 valence electrons. The van der Waals surface area contributed by atoms with E-state index in [0.717, 1.165) is 0 Å².